The molecule has 3 aliphatic rings. The van der Waals surface area contributed by atoms with Crippen molar-refractivity contribution in [1.82, 2.24) is 25.3 Å². The Morgan fingerprint density at radius 2 is 1.66 bits per heavy atom. The van der Waals surface area contributed by atoms with Crippen molar-refractivity contribution in [2.45, 2.75) is 89.1 Å². The van der Waals surface area contributed by atoms with E-state index in [-0.39, 0.29) is 37.5 Å². The van der Waals surface area contributed by atoms with Crippen molar-refractivity contribution in [3.05, 3.63) is 100 Å². The number of carbonyl (C=O) groups excluding carboxylic acids is 3. The second kappa shape index (κ2) is 18.7. The Morgan fingerprint density at radius 1 is 0.875 bits per heavy atom. The van der Waals surface area contributed by atoms with Gasteiger partial charge in [-0.15, -0.1) is 11.3 Å². The minimum absolute atomic E-state index is 0.0284. The zero-order valence-corrected chi connectivity index (χ0v) is 33.2. The molecule has 6 N–H and O–H groups in total. The van der Waals surface area contributed by atoms with Gasteiger partial charge in [-0.25, -0.2) is 4.79 Å². The SMILES string of the molecule is NCCCC[C@@H](NC1CCC2(CC1)CCN(Cc1ccccc1)C2)C(=O)N1CCN(C(=O)Oc2ccc(CN)c3ccccc23)C[C@H]1C(=O)NCc1cccs1. The van der Waals surface area contributed by atoms with Crippen LogP contribution in [0.1, 0.15) is 67.4 Å². The van der Waals surface area contributed by atoms with Crippen molar-refractivity contribution >= 4 is 40.0 Å². The second-order valence-electron chi connectivity index (χ2n) is 15.9. The topological polar surface area (TPSA) is 146 Å². The quantitative estimate of drug-likeness (QED) is 0.121. The van der Waals surface area contributed by atoms with Crippen LogP contribution in [-0.4, -0.2) is 90.0 Å². The number of amides is 3. The van der Waals surface area contributed by atoms with Crippen LogP contribution in [0, 0.1) is 5.41 Å². The standard InChI is InChI=1S/C44H57N7O4S/c45-22-7-6-14-38(48-34-17-19-44(20-18-34)21-23-49(31-44)29-32-9-2-1-3-10-32)42(53)51-25-24-50(30-39(51)41(52)47-28-35-11-8-26-56-35)43(54)55-40-16-15-33(27-46)36-12-4-5-13-37(36)40/h1-5,8-13,15-16,26,34,38-39,48H,6-7,14,17-25,27-31,45-46H2,(H,47,52)/t34?,38-,39+,44?/m1/s1. The molecule has 298 valence electrons. The molecule has 3 amide bonds. The lowest BCUT2D eigenvalue weighted by molar-refractivity contribution is -0.145. The largest absolute Gasteiger partial charge is 0.415 e. The van der Waals surface area contributed by atoms with Gasteiger partial charge in [0.2, 0.25) is 11.8 Å². The van der Waals surface area contributed by atoms with E-state index in [0.717, 1.165) is 79.4 Å². The Bertz CT molecular complexity index is 1920. The first-order chi connectivity index (χ1) is 27.3. The number of carbonyl (C=O) groups is 3. The van der Waals surface area contributed by atoms with Crippen molar-refractivity contribution in [3.63, 3.8) is 0 Å². The highest BCUT2D eigenvalue weighted by Gasteiger charge is 2.43. The number of nitrogens with one attached hydrogen (secondary N) is 2. The van der Waals surface area contributed by atoms with E-state index in [2.05, 4.69) is 45.9 Å². The van der Waals surface area contributed by atoms with Crippen molar-refractivity contribution in [1.29, 1.82) is 0 Å². The smallest absolute Gasteiger partial charge is 0.410 e. The molecular weight excluding hydrogens is 723 g/mol. The number of rotatable bonds is 14. The number of hydrogen-bond donors (Lipinski definition) is 4. The number of unbranched alkanes of at least 4 members (excludes halogenated alkanes) is 1. The summed E-state index contributed by atoms with van der Waals surface area (Å²) in [5.41, 5.74) is 14.5. The van der Waals surface area contributed by atoms with Gasteiger partial charge in [-0.3, -0.25) is 14.5 Å². The van der Waals surface area contributed by atoms with Crippen LogP contribution in [0.25, 0.3) is 10.8 Å². The molecule has 12 heteroatoms. The van der Waals surface area contributed by atoms with E-state index in [1.807, 2.05) is 47.8 Å². The Morgan fingerprint density at radius 3 is 2.41 bits per heavy atom. The lowest BCUT2D eigenvalue weighted by atomic mass is 9.72. The van der Waals surface area contributed by atoms with Gasteiger partial charge in [0, 0.05) is 49.0 Å². The van der Waals surface area contributed by atoms with Crippen LogP contribution in [0.3, 0.4) is 0 Å². The fraction of sp³-hybridized carbons (Fsp3) is 0.477. The summed E-state index contributed by atoms with van der Waals surface area (Å²) in [6.07, 6.45) is 7.25. The Balaban J connectivity index is 1.03. The molecule has 3 heterocycles. The van der Waals surface area contributed by atoms with Gasteiger partial charge in [-0.2, -0.15) is 0 Å². The van der Waals surface area contributed by atoms with E-state index in [0.29, 0.717) is 37.2 Å². The molecule has 11 nitrogen and oxygen atoms in total. The summed E-state index contributed by atoms with van der Waals surface area (Å²) in [5.74, 6) is 0.0495. The third-order valence-electron chi connectivity index (χ3n) is 12.1. The second-order valence-corrected chi connectivity index (χ2v) is 16.9. The van der Waals surface area contributed by atoms with E-state index < -0.39 is 18.2 Å². The normalized spacial score (nSPS) is 22.0. The van der Waals surface area contributed by atoms with Crippen LogP contribution >= 0.6 is 11.3 Å². The Hall–Kier alpha value is -4.33. The molecule has 1 aromatic heterocycles. The van der Waals surface area contributed by atoms with Crippen LogP contribution in [0.15, 0.2) is 84.2 Å². The number of piperazine rings is 1. The first-order valence-corrected chi connectivity index (χ1v) is 21.2. The maximum absolute atomic E-state index is 14.7. The average Bonchev–Trinajstić information content (AvgIpc) is 3.90. The molecule has 2 saturated heterocycles. The summed E-state index contributed by atoms with van der Waals surface area (Å²) in [4.78, 5) is 49.3. The van der Waals surface area contributed by atoms with E-state index >= 15 is 0 Å². The predicted octanol–water partition coefficient (Wildman–Crippen LogP) is 5.61. The van der Waals surface area contributed by atoms with Gasteiger partial charge in [0.1, 0.15) is 11.8 Å². The van der Waals surface area contributed by atoms with Crippen LogP contribution in [0.2, 0.25) is 0 Å². The summed E-state index contributed by atoms with van der Waals surface area (Å²) in [5, 5.41) is 10.5. The lowest BCUT2D eigenvalue weighted by Gasteiger charge is -2.43. The van der Waals surface area contributed by atoms with Gasteiger partial charge >= 0.3 is 6.09 Å². The number of nitrogens with zero attached hydrogens (tertiary/aromatic N) is 3. The van der Waals surface area contributed by atoms with E-state index in [4.69, 9.17) is 16.2 Å². The van der Waals surface area contributed by atoms with Crippen LogP contribution in [0.5, 0.6) is 5.75 Å². The van der Waals surface area contributed by atoms with Crippen molar-refractivity contribution in [3.8, 4) is 5.75 Å². The Kier molecular flexibility index (Phi) is 13.3. The van der Waals surface area contributed by atoms with Crippen LogP contribution < -0.4 is 26.8 Å². The third kappa shape index (κ3) is 9.61. The molecule has 56 heavy (non-hydrogen) atoms. The average molecular weight is 780 g/mol. The zero-order valence-electron chi connectivity index (χ0n) is 32.4. The van der Waals surface area contributed by atoms with Gasteiger partial charge in [0.25, 0.3) is 0 Å². The monoisotopic (exact) mass is 779 g/mol. The number of likely N-dealkylation sites (tertiary alicyclic amines) is 1. The van der Waals surface area contributed by atoms with E-state index in [9.17, 15) is 14.4 Å². The number of thiophene rings is 1. The minimum atomic E-state index is -0.873. The Labute approximate surface area is 334 Å². The van der Waals surface area contributed by atoms with Gasteiger partial charge in [-0.05, 0) is 97.5 Å². The van der Waals surface area contributed by atoms with Crippen molar-refractivity contribution in [2.75, 3.05) is 39.3 Å². The fourth-order valence-corrected chi connectivity index (χ4v) is 9.61. The molecule has 0 unspecified atom stereocenters. The molecular formula is C44H57N7O4S. The first-order valence-electron chi connectivity index (χ1n) is 20.3. The van der Waals surface area contributed by atoms with Gasteiger partial charge in [0.15, 0.2) is 0 Å². The number of benzene rings is 3. The van der Waals surface area contributed by atoms with Gasteiger partial charge in [0.05, 0.1) is 19.1 Å². The molecule has 2 atom stereocenters. The molecule has 4 aromatic rings. The number of hydrogen-bond acceptors (Lipinski definition) is 9. The molecule has 0 bridgehead atoms. The number of fused-ring (bicyclic) bond motifs is 1. The molecule has 1 aliphatic carbocycles. The first kappa shape index (κ1) is 39.9. The highest BCUT2D eigenvalue weighted by molar-refractivity contribution is 7.09. The predicted molar refractivity (Wildman–Crippen MR) is 222 cm³/mol. The summed E-state index contributed by atoms with van der Waals surface area (Å²) in [6.45, 7) is 5.02. The summed E-state index contributed by atoms with van der Waals surface area (Å²) in [7, 11) is 0. The molecule has 0 radical (unpaired) electrons. The number of ether oxygens (including phenoxy) is 1. The molecule has 3 aromatic carbocycles. The summed E-state index contributed by atoms with van der Waals surface area (Å²) in [6, 6.07) is 24.9. The maximum atomic E-state index is 14.7. The highest BCUT2D eigenvalue weighted by atomic mass is 32.1. The number of nitrogens with two attached hydrogens (primary N) is 2. The van der Waals surface area contributed by atoms with Gasteiger partial charge in [-0.1, -0.05) is 73.2 Å². The molecule has 7 rings (SSSR count). The van der Waals surface area contributed by atoms with Crippen LogP contribution in [0.4, 0.5) is 4.79 Å². The van der Waals surface area contributed by atoms with Crippen molar-refractivity contribution in [2.24, 2.45) is 16.9 Å². The molecule has 1 saturated carbocycles. The fourth-order valence-electron chi connectivity index (χ4n) is 8.97. The maximum Gasteiger partial charge on any atom is 0.415 e. The molecule has 2 aliphatic heterocycles. The van der Waals surface area contributed by atoms with Crippen LogP contribution in [-0.2, 0) is 29.2 Å². The summed E-state index contributed by atoms with van der Waals surface area (Å²) >= 11 is 1.56. The molecule has 1 spiro atoms. The van der Waals surface area contributed by atoms with Gasteiger partial charge < -0.3 is 36.6 Å². The van der Waals surface area contributed by atoms with Crippen molar-refractivity contribution < 1.29 is 19.1 Å². The summed E-state index contributed by atoms with van der Waals surface area (Å²) < 4.78 is 5.98. The van der Waals surface area contributed by atoms with E-state index in [1.165, 1.54) is 12.0 Å². The minimum Gasteiger partial charge on any atom is -0.410 e. The van der Waals surface area contributed by atoms with E-state index in [1.54, 1.807) is 27.2 Å². The highest BCUT2D eigenvalue weighted by Crippen LogP contribution is 2.44. The third-order valence-corrected chi connectivity index (χ3v) is 13.0. The zero-order chi connectivity index (χ0) is 38.9. The lowest BCUT2D eigenvalue weighted by Crippen LogP contribution is -2.64. The molecule has 3 fully saturated rings.